The fourth-order valence-corrected chi connectivity index (χ4v) is 3.62. The number of fused-ring (bicyclic) bond motifs is 1. The minimum Gasteiger partial charge on any atom is -0.478 e. The van der Waals surface area contributed by atoms with Gasteiger partial charge in [-0.15, -0.1) is 0 Å². The van der Waals surface area contributed by atoms with Crippen LogP contribution in [0.3, 0.4) is 0 Å². The predicted octanol–water partition coefficient (Wildman–Crippen LogP) is 4.55. The number of carbonyl (C=O) groups is 2. The molecule has 0 aliphatic carbocycles. The van der Waals surface area contributed by atoms with Crippen molar-refractivity contribution in [2.24, 2.45) is 0 Å². The zero-order valence-electron chi connectivity index (χ0n) is 16.8. The van der Waals surface area contributed by atoms with E-state index in [-0.39, 0.29) is 11.1 Å². The van der Waals surface area contributed by atoms with Gasteiger partial charge in [-0.2, -0.15) is 4.98 Å². The van der Waals surface area contributed by atoms with E-state index in [1.807, 2.05) is 31.2 Å². The summed E-state index contributed by atoms with van der Waals surface area (Å²) in [5, 5.41) is 19.0. The molecule has 1 heterocycles. The van der Waals surface area contributed by atoms with Crippen LogP contribution in [0, 0.1) is 0 Å². The zero-order valence-corrected chi connectivity index (χ0v) is 16.8. The molecule has 0 atom stereocenters. The van der Waals surface area contributed by atoms with Gasteiger partial charge >= 0.3 is 11.9 Å². The molecule has 0 fully saturated rings. The number of aromatic nitrogens is 2. The van der Waals surface area contributed by atoms with Gasteiger partial charge in [0.15, 0.2) is 0 Å². The van der Waals surface area contributed by atoms with E-state index >= 15 is 0 Å². The van der Waals surface area contributed by atoms with E-state index in [0.29, 0.717) is 35.8 Å². The summed E-state index contributed by atoms with van der Waals surface area (Å²) in [6.45, 7) is 2.60. The highest BCUT2D eigenvalue weighted by Gasteiger charge is 2.19. The quantitative estimate of drug-likeness (QED) is 0.458. The topological polar surface area (TPSA) is 102 Å². The zero-order chi connectivity index (χ0) is 22.0. The van der Waals surface area contributed by atoms with Crippen molar-refractivity contribution in [1.82, 2.24) is 9.55 Å². The summed E-state index contributed by atoms with van der Waals surface area (Å²) in [7, 11) is 0. The molecule has 0 saturated heterocycles. The molecule has 2 N–H and O–H groups in total. The van der Waals surface area contributed by atoms with Gasteiger partial charge in [0, 0.05) is 0 Å². The molecule has 0 bridgehead atoms. The average molecular weight is 416 g/mol. The highest BCUT2D eigenvalue weighted by atomic mass is 16.5. The number of rotatable bonds is 7. The number of carboxylic acid groups (broad SMARTS) is 2. The minimum absolute atomic E-state index is 0.156. The molecule has 0 aliphatic rings. The molecular weight excluding hydrogens is 396 g/mol. The van der Waals surface area contributed by atoms with Crippen molar-refractivity contribution >= 4 is 23.0 Å². The largest absolute Gasteiger partial charge is 0.478 e. The van der Waals surface area contributed by atoms with E-state index in [4.69, 9.17) is 4.74 Å². The molecule has 0 unspecified atom stereocenters. The Kier molecular flexibility index (Phi) is 5.41. The summed E-state index contributed by atoms with van der Waals surface area (Å²) in [6.07, 6.45) is 0. The highest BCUT2D eigenvalue weighted by Crippen LogP contribution is 2.28. The van der Waals surface area contributed by atoms with Crippen LogP contribution in [0.4, 0.5) is 0 Å². The van der Waals surface area contributed by atoms with Crippen LogP contribution in [0.2, 0.25) is 0 Å². The van der Waals surface area contributed by atoms with Gasteiger partial charge in [-0.05, 0) is 41.8 Å². The maximum absolute atomic E-state index is 11.7. The lowest BCUT2D eigenvalue weighted by Crippen LogP contribution is -2.08. The molecule has 156 valence electrons. The number of ether oxygens (including phenoxy) is 1. The smallest absolute Gasteiger partial charge is 0.337 e. The third kappa shape index (κ3) is 3.85. The third-order valence-corrected chi connectivity index (χ3v) is 5.00. The number of benzene rings is 3. The van der Waals surface area contributed by atoms with Crippen molar-refractivity contribution in [3.8, 4) is 17.1 Å². The van der Waals surface area contributed by atoms with Crippen molar-refractivity contribution < 1.29 is 24.5 Å². The van der Waals surface area contributed by atoms with Crippen molar-refractivity contribution in [3.63, 3.8) is 0 Å². The van der Waals surface area contributed by atoms with Crippen LogP contribution in [-0.2, 0) is 6.54 Å². The molecule has 4 aromatic rings. The first kappa shape index (κ1) is 20.2. The molecule has 7 nitrogen and oxygen atoms in total. The second-order valence-corrected chi connectivity index (χ2v) is 6.94. The molecule has 0 aliphatic heterocycles. The number of aromatic carboxylic acids is 2. The standard InChI is InChI=1S/C24H20N2O5/c1-2-31-24-25-20-9-5-8-19(23(29)30)21(20)26(24)14-15-10-12-16(13-11-15)17-6-3-4-7-18(17)22(27)28/h3-13H,2,14H2,1H3,(H,27,28)(H,29,30). The maximum Gasteiger partial charge on any atom is 0.337 e. The lowest BCUT2D eigenvalue weighted by molar-refractivity contribution is 0.0687. The summed E-state index contributed by atoms with van der Waals surface area (Å²) in [6, 6.07) is 19.6. The number of para-hydroxylation sites is 1. The van der Waals surface area contributed by atoms with E-state index in [1.165, 1.54) is 0 Å². The molecule has 0 spiro atoms. The van der Waals surface area contributed by atoms with E-state index in [1.54, 1.807) is 47.0 Å². The Morgan fingerprint density at radius 2 is 1.58 bits per heavy atom. The first-order valence-corrected chi connectivity index (χ1v) is 9.76. The summed E-state index contributed by atoms with van der Waals surface area (Å²) in [5.41, 5.74) is 3.76. The van der Waals surface area contributed by atoms with Gasteiger partial charge in [-0.3, -0.25) is 4.57 Å². The van der Waals surface area contributed by atoms with Crippen LogP contribution in [0.1, 0.15) is 33.2 Å². The molecule has 4 rings (SSSR count). The Balaban J connectivity index is 1.74. The van der Waals surface area contributed by atoms with Gasteiger partial charge in [0.05, 0.1) is 35.3 Å². The number of hydrogen-bond acceptors (Lipinski definition) is 4. The maximum atomic E-state index is 11.7. The van der Waals surface area contributed by atoms with E-state index in [0.717, 1.165) is 11.1 Å². The lowest BCUT2D eigenvalue weighted by Gasteiger charge is -2.12. The van der Waals surface area contributed by atoms with Crippen molar-refractivity contribution in [3.05, 3.63) is 83.4 Å². The monoisotopic (exact) mass is 416 g/mol. The Labute approximate surface area is 178 Å². The van der Waals surface area contributed by atoms with Crippen molar-refractivity contribution in [1.29, 1.82) is 0 Å². The normalized spacial score (nSPS) is 10.9. The molecule has 31 heavy (non-hydrogen) atoms. The summed E-state index contributed by atoms with van der Waals surface area (Å²) < 4.78 is 7.41. The van der Waals surface area contributed by atoms with E-state index in [9.17, 15) is 19.8 Å². The van der Waals surface area contributed by atoms with Gasteiger partial charge in [0.25, 0.3) is 6.01 Å². The Bertz CT molecular complexity index is 1280. The molecule has 0 saturated carbocycles. The van der Waals surface area contributed by atoms with E-state index in [2.05, 4.69) is 4.98 Å². The third-order valence-electron chi connectivity index (χ3n) is 5.00. The Hall–Kier alpha value is -4.13. The fraction of sp³-hybridized carbons (Fsp3) is 0.125. The first-order chi connectivity index (χ1) is 15.0. The van der Waals surface area contributed by atoms with Gasteiger partial charge in [-0.25, -0.2) is 9.59 Å². The Morgan fingerprint density at radius 1 is 0.903 bits per heavy atom. The molecule has 1 aromatic heterocycles. The summed E-state index contributed by atoms with van der Waals surface area (Å²) >= 11 is 0. The number of hydrogen-bond donors (Lipinski definition) is 2. The van der Waals surface area contributed by atoms with Gasteiger partial charge in [0.1, 0.15) is 0 Å². The number of nitrogens with zero attached hydrogens (tertiary/aromatic N) is 2. The molecular formula is C24H20N2O5. The lowest BCUT2D eigenvalue weighted by atomic mass is 9.99. The van der Waals surface area contributed by atoms with Crippen molar-refractivity contribution in [2.75, 3.05) is 6.61 Å². The second kappa shape index (κ2) is 8.31. The van der Waals surface area contributed by atoms with Crippen LogP contribution in [0.15, 0.2) is 66.7 Å². The Morgan fingerprint density at radius 3 is 2.26 bits per heavy atom. The average Bonchev–Trinajstić information content (AvgIpc) is 3.11. The summed E-state index contributed by atoms with van der Waals surface area (Å²) in [4.78, 5) is 27.7. The molecule has 0 radical (unpaired) electrons. The fourth-order valence-electron chi connectivity index (χ4n) is 3.62. The van der Waals surface area contributed by atoms with Gasteiger partial charge in [0.2, 0.25) is 0 Å². The van der Waals surface area contributed by atoms with Gasteiger partial charge < -0.3 is 14.9 Å². The second-order valence-electron chi connectivity index (χ2n) is 6.94. The minimum atomic E-state index is -1.03. The highest BCUT2D eigenvalue weighted by molar-refractivity contribution is 6.01. The van der Waals surface area contributed by atoms with Gasteiger partial charge in [-0.1, -0.05) is 48.5 Å². The SMILES string of the molecule is CCOc1nc2cccc(C(=O)O)c2n1Cc1ccc(-c2ccccc2C(=O)O)cc1. The van der Waals surface area contributed by atoms with Crippen LogP contribution in [0.25, 0.3) is 22.2 Å². The molecule has 7 heteroatoms. The first-order valence-electron chi connectivity index (χ1n) is 9.76. The van der Waals surface area contributed by atoms with Crippen LogP contribution in [0.5, 0.6) is 6.01 Å². The number of imidazole rings is 1. The predicted molar refractivity (Wildman–Crippen MR) is 116 cm³/mol. The van der Waals surface area contributed by atoms with Crippen molar-refractivity contribution in [2.45, 2.75) is 13.5 Å². The molecule has 3 aromatic carbocycles. The van der Waals surface area contributed by atoms with Crippen LogP contribution < -0.4 is 4.74 Å². The van der Waals surface area contributed by atoms with Crippen LogP contribution in [-0.4, -0.2) is 38.3 Å². The summed E-state index contributed by atoms with van der Waals surface area (Å²) in [5.74, 6) is -2.01. The van der Waals surface area contributed by atoms with E-state index < -0.39 is 11.9 Å². The van der Waals surface area contributed by atoms with Crippen LogP contribution >= 0.6 is 0 Å². The number of carboxylic acids is 2. The molecule has 0 amide bonds.